The van der Waals surface area contributed by atoms with Crippen LogP contribution in [0.1, 0.15) is 5.56 Å². The molecule has 1 aromatic heterocycles. The molecule has 1 heterocycles. The first-order valence-electron chi connectivity index (χ1n) is 12.2. The number of benzene rings is 4. The number of ether oxygens (including phenoxy) is 1. The number of aromatic nitrogens is 1. The van der Waals surface area contributed by atoms with Gasteiger partial charge in [-0.25, -0.2) is 9.78 Å². The molecule has 2 amide bonds. The Morgan fingerprint density at radius 1 is 0.718 bits per heavy atom. The van der Waals surface area contributed by atoms with Gasteiger partial charge in [0.1, 0.15) is 17.3 Å². The number of amidine groups is 1. The summed E-state index contributed by atoms with van der Waals surface area (Å²) in [6.45, 7) is 0. The monoisotopic (exact) mass is 514 g/mol. The van der Waals surface area contributed by atoms with E-state index in [1.165, 1.54) is 0 Å². The summed E-state index contributed by atoms with van der Waals surface area (Å²) in [5.74, 6) is 1.20. The van der Waals surface area contributed by atoms with Gasteiger partial charge in [0.05, 0.1) is 17.0 Å². The standard InChI is InChI=1S/C31H26N6O2/c32-26-19-27(21-8-7-11-23(18-21)36-31(38)35-22-9-3-1-4-10-22)37-29(28(26)30(33)34)20-14-16-25(17-15-20)39-24-12-5-2-6-13-24/h1-19H,(H2,32,37)(H3,33,34)(H2,35,36,38). The number of carbonyl (C=O) groups excluding carboxylic acids is 1. The van der Waals surface area contributed by atoms with Gasteiger partial charge in [-0.3, -0.25) is 5.41 Å². The lowest BCUT2D eigenvalue weighted by atomic mass is 10.0. The third-order valence-corrected chi connectivity index (χ3v) is 5.87. The number of urea groups is 1. The molecule has 0 aliphatic carbocycles. The minimum absolute atomic E-state index is 0.181. The second kappa shape index (κ2) is 11.2. The fourth-order valence-corrected chi connectivity index (χ4v) is 4.08. The van der Waals surface area contributed by atoms with Crippen molar-refractivity contribution in [3.63, 3.8) is 0 Å². The third-order valence-electron chi connectivity index (χ3n) is 5.87. The first-order chi connectivity index (χ1) is 19.0. The first-order valence-corrected chi connectivity index (χ1v) is 12.2. The number of nitrogens with two attached hydrogens (primary N) is 2. The highest BCUT2D eigenvalue weighted by Crippen LogP contribution is 2.33. The molecule has 192 valence electrons. The maximum absolute atomic E-state index is 12.5. The van der Waals surface area contributed by atoms with Crippen molar-refractivity contribution >= 4 is 28.9 Å². The summed E-state index contributed by atoms with van der Waals surface area (Å²) in [5.41, 5.74) is 16.7. The third kappa shape index (κ3) is 6.03. The molecule has 0 aliphatic heterocycles. The Hall–Kier alpha value is -5.63. The molecule has 0 saturated heterocycles. The maximum Gasteiger partial charge on any atom is 0.323 e. The molecule has 5 aromatic rings. The summed E-state index contributed by atoms with van der Waals surface area (Å²) in [6.07, 6.45) is 0. The number of hydrogen-bond acceptors (Lipinski definition) is 5. The average molecular weight is 515 g/mol. The molecule has 0 saturated carbocycles. The van der Waals surface area contributed by atoms with Crippen molar-refractivity contribution in [3.05, 3.63) is 121 Å². The predicted molar refractivity (Wildman–Crippen MR) is 156 cm³/mol. The van der Waals surface area contributed by atoms with Crippen molar-refractivity contribution in [2.75, 3.05) is 16.4 Å². The molecular weight excluding hydrogens is 488 g/mol. The highest BCUT2D eigenvalue weighted by molar-refractivity contribution is 6.06. The van der Waals surface area contributed by atoms with Gasteiger partial charge in [-0.2, -0.15) is 0 Å². The number of rotatable bonds is 7. The van der Waals surface area contributed by atoms with Crippen LogP contribution in [0.5, 0.6) is 11.5 Å². The van der Waals surface area contributed by atoms with E-state index in [9.17, 15) is 4.79 Å². The van der Waals surface area contributed by atoms with Crippen molar-refractivity contribution in [1.82, 2.24) is 4.98 Å². The number of hydrogen-bond donors (Lipinski definition) is 5. The van der Waals surface area contributed by atoms with Crippen molar-refractivity contribution < 1.29 is 9.53 Å². The summed E-state index contributed by atoms with van der Waals surface area (Å²) in [7, 11) is 0. The Bertz CT molecular complexity index is 1620. The zero-order chi connectivity index (χ0) is 27.2. The minimum atomic E-state index is -0.365. The number of nitrogens with one attached hydrogen (secondary N) is 3. The smallest absolute Gasteiger partial charge is 0.323 e. The van der Waals surface area contributed by atoms with Gasteiger partial charge in [0, 0.05) is 28.2 Å². The molecule has 0 unspecified atom stereocenters. The second-order valence-corrected chi connectivity index (χ2v) is 8.70. The number of nitrogen functional groups attached to an aromatic ring is 2. The van der Waals surface area contributed by atoms with Gasteiger partial charge in [-0.15, -0.1) is 0 Å². The molecule has 5 rings (SSSR count). The van der Waals surface area contributed by atoms with Gasteiger partial charge in [0.2, 0.25) is 0 Å². The van der Waals surface area contributed by atoms with Crippen molar-refractivity contribution in [2.45, 2.75) is 0 Å². The van der Waals surface area contributed by atoms with E-state index < -0.39 is 0 Å². The maximum atomic E-state index is 12.5. The lowest BCUT2D eigenvalue weighted by molar-refractivity contribution is 0.262. The summed E-state index contributed by atoms with van der Waals surface area (Å²) < 4.78 is 5.89. The SMILES string of the molecule is N=C(N)c1c(N)cc(-c2cccc(NC(=O)Nc3ccccc3)c2)nc1-c1ccc(Oc2ccccc2)cc1. The topological polar surface area (TPSA) is 139 Å². The van der Waals surface area contributed by atoms with Gasteiger partial charge >= 0.3 is 6.03 Å². The van der Waals surface area contributed by atoms with Crippen molar-refractivity contribution in [1.29, 1.82) is 5.41 Å². The van der Waals surface area contributed by atoms with E-state index >= 15 is 0 Å². The lowest BCUT2D eigenvalue weighted by Gasteiger charge is -2.15. The van der Waals surface area contributed by atoms with Crippen LogP contribution in [0.25, 0.3) is 22.5 Å². The number of pyridine rings is 1. The Morgan fingerprint density at radius 2 is 1.33 bits per heavy atom. The van der Waals surface area contributed by atoms with E-state index in [1.807, 2.05) is 84.9 Å². The molecule has 8 nitrogen and oxygen atoms in total. The van der Waals surface area contributed by atoms with Crippen LogP contribution in [0.2, 0.25) is 0 Å². The number of anilines is 3. The molecule has 0 spiro atoms. The second-order valence-electron chi connectivity index (χ2n) is 8.70. The van der Waals surface area contributed by atoms with Crippen LogP contribution in [-0.4, -0.2) is 16.9 Å². The quantitative estimate of drug-likeness (QED) is 0.121. The first kappa shape index (κ1) is 25.0. The molecule has 4 aromatic carbocycles. The van der Waals surface area contributed by atoms with Crippen molar-refractivity contribution in [2.24, 2.45) is 5.73 Å². The van der Waals surface area contributed by atoms with E-state index in [0.717, 1.165) is 16.9 Å². The summed E-state index contributed by atoms with van der Waals surface area (Å²) in [6, 6.07) is 34.6. The Balaban J connectivity index is 1.43. The number of para-hydroxylation sites is 2. The van der Waals surface area contributed by atoms with E-state index in [4.69, 9.17) is 26.6 Å². The van der Waals surface area contributed by atoms with E-state index in [0.29, 0.717) is 39.8 Å². The average Bonchev–Trinajstić information content (AvgIpc) is 2.94. The highest BCUT2D eigenvalue weighted by Gasteiger charge is 2.17. The molecule has 39 heavy (non-hydrogen) atoms. The van der Waals surface area contributed by atoms with E-state index in [-0.39, 0.29) is 11.9 Å². The Kier molecular flexibility index (Phi) is 7.18. The molecular formula is C31H26N6O2. The molecule has 8 heteroatoms. The molecule has 0 aliphatic rings. The van der Waals surface area contributed by atoms with Gasteiger partial charge in [0.25, 0.3) is 0 Å². The van der Waals surface area contributed by atoms with Crippen LogP contribution in [0.3, 0.4) is 0 Å². The summed E-state index contributed by atoms with van der Waals surface area (Å²) in [5, 5.41) is 13.7. The Labute approximate surface area is 225 Å². The molecule has 0 bridgehead atoms. The van der Waals surface area contributed by atoms with Gasteiger partial charge in [0.15, 0.2) is 0 Å². The van der Waals surface area contributed by atoms with E-state index in [1.54, 1.807) is 30.3 Å². The zero-order valence-corrected chi connectivity index (χ0v) is 20.9. The van der Waals surface area contributed by atoms with Crippen LogP contribution >= 0.6 is 0 Å². The molecule has 7 N–H and O–H groups in total. The zero-order valence-electron chi connectivity index (χ0n) is 20.9. The molecule has 0 fully saturated rings. The number of carbonyl (C=O) groups is 1. The normalized spacial score (nSPS) is 10.5. The fourth-order valence-electron chi connectivity index (χ4n) is 4.08. The van der Waals surface area contributed by atoms with Crippen LogP contribution < -0.4 is 26.8 Å². The highest BCUT2D eigenvalue weighted by atomic mass is 16.5. The number of nitrogens with zero attached hydrogens (tertiary/aromatic N) is 1. The summed E-state index contributed by atoms with van der Waals surface area (Å²) in [4.78, 5) is 17.3. The largest absolute Gasteiger partial charge is 0.457 e. The van der Waals surface area contributed by atoms with Gasteiger partial charge in [-0.05, 0) is 66.7 Å². The lowest BCUT2D eigenvalue weighted by Crippen LogP contribution is -2.19. The fraction of sp³-hybridized carbons (Fsp3) is 0. The summed E-state index contributed by atoms with van der Waals surface area (Å²) >= 11 is 0. The minimum Gasteiger partial charge on any atom is -0.457 e. The van der Waals surface area contributed by atoms with Crippen LogP contribution in [-0.2, 0) is 0 Å². The van der Waals surface area contributed by atoms with Crippen LogP contribution in [0.4, 0.5) is 21.9 Å². The van der Waals surface area contributed by atoms with Crippen molar-refractivity contribution in [3.8, 4) is 34.0 Å². The van der Waals surface area contributed by atoms with Gasteiger partial charge < -0.3 is 26.8 Å². The van der Waals surface area contributed by atoms with E-state index in [2.05, 4.69) is 10.6 Å². The van der Waals surface area contributed by atoms with Gasteiger partial charge in [-0.1, -0.05) is 48.5 Å². The molecule has 0 radical (unpaired) electrons. The van der Waals surface area contributed by atoms with Crippen LogP contribution in [0.15, 0.2) is 115 Å². The molecule has 0 atom stereocenters. The predicted octanol–water partition coefficient (Wildman–Crippen LogP) is 6.72. The Morgan fingerprint density at radius 3 is 2.03 bits per heavy atom. The van der Waals surface area contributed by atoms with Crippen LogP contribution in [0, 0.1) is 5.41 Å². The number of amides is 2.